The van der Waals surface area contributed by atoms with Gasteiger partial charge in [0.2, 0.25) is 0 Å². The van der Waals surface area contributed by atoms with Gasteiger partial charge in [0.05, 0.1) is 5.69 Å². The van der Waals surface area contributed by atoms with Gasteiger partial charge in [0.1, 0.15) is 0 Å². The van der Waals surface area contributed by atoms with Gasteiger partial charge in [-0.3, -0.25) is 0 Å². The van der Waals surface area contributed by atoms with E-state index in [4.69, 9.17) is 4.98 Å². The Bertz CT molecular complexity index is 429. The molecule has 1 aromatic rings. The standard InChI is InChI=1S/C14H23N3S/c1-9-7-10(9)8-17(3)14-16-12-6-4-5-11(15-2)13(12)18-14/h9-11,15H,4-8H2,1-3H3. The van der Waals surface area contributed by atoms with Crippen molar-refractivity contribution in [3.05, 3.63) is 10.6 Å². The largest absolute Gasteiger partial charge is 0.351 e. The molecule has 3 unspecified atom stereocenters. The van der Waals surface area contributed by atoms with Crippen LogP contribution in [0.15, 0.2) is 0 Å². The highest BCUT2D eigenvalue weighted by Gasteiger charge is 2.34. The molecule has 0 amide bonds. The maximum Gasteiger partial charge on any atom is 0.185 e. The van der Waals surface area contributed by atoms with E-state index in [0.717, 1.165) is 18.3 Å². The third-order valence-electron chi connectivity index (χ3n) is 4.40. The summed E-state index contributed by atoms with van der Waals surface area (Å²) in [5.41, 5.74) is 1.34. The fourth-order valence-electron chi connectivity index (χ4n) is 2.93. The van der Waals surface area contributed by atoms with Gasteiger partial charge in [-0.25, -0.2) is 4.98 Å². The van der Waals surface area contributed by atoms with E-state index in [2.05, 4.69) is 31.2 Å². The molecule has 2 aliphatic carbocycles. The minimum atomic E-state index is 0.535. The third kappa shape index (κ3) is 2.28. The first kappa shape index (κ1) is 12.4. The molecule has 1 N–H and O–H groups in total. The zero-order valence-corrected chi connectivity index (χ0v) is 12.4. The van der Waals surface area contributed by atoms with E-state index in [1.165, 1.54) is 41.5 Å². The molecule has 18 heavy (non-hydrogen) atoms. The Morgan fingerprint density at radius 3 is 2.94 bits per heavy atom. The van der Waals surface area contributed by atoms with Crippen LogP contribution in [-0.4, -0.2) is 25.6 Å². The lowest BCUT2D eigenvalue weighted by molar-refractivity contribution is 0.501. The molecule has 0 bridgehead atoms. The zero-order chi connectivity index (χ0) is 12.7. The van der Waals surface area contributed by atoms with E-state index in [-0.39, 0.29) is 0 Å². The lowest BCUT2D eigenvalue weighted by Crippen LogP contribution is -2.20. The van der Waals surface area contributed by atoms with Crippen molar-refractivity contribution in [2.45, 2.75) is 38.6 Å². The van der Waals surface area contributed by atoms with Crippen LogP contribution in [0.5, 0.6) is 0 Å². The first-order valence-corrected chi connectivity index (χ1v) is 7.88. The van der Waals surface area contributed by atoms with E-state index in [9.17, 15) is 0 Å². The summed E-state index contributed by atoms with van der Waals surface area (Å²) in [6.07, 6.45) is 5.09. The van der Waals surface area contributed by atoms with E-state index < -0.39 is 0 Å². The molecule has 1 fully saturated rings. The van der Waals surface area contributed by atoms with Gasteiger partial charge in [0, 0.05) is 24.5 Å². The SMILES string of the molecule is CNC1CCCc2nc(N(C)CC3CC3C)sc21. The van der Waals surface area contributed by atoms with Crippen LogP contribution in [0, 0.1) is 11.8 Å². The van der Waals surface area contributed by atoms with Crippen molar-refractivity contribution >= 4 is 16.5 Å². The number of thiazole rings is 1. The van der Waals surface area contributed by atoms with Gasteiger partial charge in [-0.1, -0.05) is 18.3 Å². The first-order chi connectivity index (χ1) is 8.69. The Labute approximate surface area is 114 Å². The van der Waals surface area contributed by atoms with Crippen molar-refractivity contribution in [2.75, 3.05) is 25.5 Å². The highest BCUT2D eigenvalue weighted by molar-refractivity contribution is 7.15. The number of hydrogen-bond donors (Lipinski definition) is 1. The first-order valence-electron chi connectivity index (χ1n) is 7.07. The van der Waals surface area contributed by atoms with Gasteiger partial charge < -0.3 is 10.2 Å². The maximum atomic E-state index is 4.86. The molecule has 0 spiro atoms. The van der Waals surface area contributed by atoms with Gasteiger partial charge in [0.25, 0.3) is 0 Å². The average molecular weight is 265 g/mol. The molecule has 0 aromatic carbocycles. The minimum absolute atomic E-state index is 0.535. The molecule has 2 aliphatic rings. The van der Waals surface area contributed by atoms with Crippen LogP contribution in [0.25, 0.3) is 0 Å². The molecule has 3 atom stereocenters. The van der Waals surface area contributed by atoms with E-state index in [1.807, 2.05) is 11.3 Å². The number of aromatic nitrogens is 1. The summed E-state index contributed by atoms with van der Waals surface area (Å²) >= 11 is 1.90. The van der Waals surface area contributed by atoms with Gasteiger partial charge in [-0.05, 0) is 44.6 Å². The molecule has 3 rings (SSSR count). The smallest absolute Gasteiger partial charge is 0.185 e. The predicted molar refractivity (Wildman–Crippen MR) is 77.4 cm³/mol. The quantitative estimate of drug-likeness (QED) is 0.907. The van der Waals surface area contributed by atoms with Crippen molar-refractivity contribution in [1.82, 2.24) is 10.3 Å². The summed E-state index contributed by atoms with van der Waals surface area (Å²) in [7, 11) is 4.26. The van der Waals surface area contributed by atoms with E-state index in [0.29, 0.717) is 6.04 Å². The Balaban J connectivity index is 1.75. The number of hydrogen-bond acceptors (Lipinski definition) is 4. The van der Waals surface area contributed by atoms with Crippen molar-refractivity contribution < 1.29 is 0 Å². The summed E-state index contributed by atoms with van der Waals surface area (Å²) in [4.78, 5) is 8.71. The lowest BCUT2D eigenvalue weighted by atomic mass is 9.98. The summed E-state index contributed by atoms with van der Waals surface area (Å²) in [5, 5.41) is 4.65. The van der Waals surface area contributed by atoms with Crippen molar-refractivity contribution in [3.8, 4) is 0 Å². The summed E-state index contributed by atoms with van der Waals surface area (Å²) in [6, 6.07) is 0.535. The molecule has 0 aliphatic heterocycles. The maximum absolute atomic E-state index is 4.86. The lowest BCUT2D eigenvalue weighted by Gasteiger charge is -2.19. The number of rotatable bonds is 4. The van der Waals surface area contributed by atoms with Crippen molar-refractivity contribution in [2.24, 2.45) is 11.8 Å². The normalized spacial score (nSPS) is 30.1. The Hall–Kier alpha value is -0.610. The number of aryl methyl sites for hydroxylation is 1. The molecule has 0 saturated heterocycles. The van der Waals surface area contributed by atoms with Crippen LogP contribution in [0.2, 0.25) is 0 Å². The molecule has 0 radical (unpaired) electrons. The molecular weight excluding hydrogens is 242 g/mol. The Morgan fingerprint density at radius 2 is 2.28 bits per heavy atom. The van der Waals surface area contributed by atoms with Crippen LogP contribution in [0.4, 0.5) is 5.13 Å². The van der Waals surface area contributed by atoms with Gasteiger partial charge in [0.15, 0.2) is 5.13 Å². The highest BCUT2D eigenvalue weighted by atomic mass is 32.1. The number of nitrogens with zero attached hydrogens (tertiary/aromatic N) is 2. The second kappa shape index (κ2) is 4.82. The predicted octanol–water partition coefficient (Wildman–Crippen LogP) is 2.83. The number of nitrogens with one attached hydrogen (secondary N) is 1. The van der Waals surface area contributed by atoms with Crippen molar-refractivity contribution in [1.29, 1.82) is 0 Å². The average Bonchev–Trinajstić information content (AvgIpc) is 2.91. The number of anilines is 1. The highest BCUT2D eigenvalue weighted by Crippen LogP contribution is 2.41. The van der Waals surface area contributed by atoms with Gasteiger partial charge in [-0.2, -0.15) is 0 Å². The van der Waals surface area contributed by atoms with Gasteiger partial charge in [-0.15, -0.1) is 0 Å². The molecular formula is C14H23N3S. The second-order valence-electron chi connectivity index (χ2n) is 5.89. The van der Waals surface area contributed by atoms with E-state index in [1.54, 1.807) is 0 Å². The third-order valence-corrected chi connectivity index (χ3v) is 5.72. The van der Waals surface area contributed by atoms with E-state index >= 15 is 0 Å². The molecule has 100 valence electrons. The monoisotopic (exact) mass is 265 g/mol. The Morgan fingerprint density at radius 1 is 1.50 bits per heavy atom. The Kier molecular flexibility index (Phi) is 3.32. The van der Waals surface area contributed by atoms with Crippen LogP contribution in [0.1, 0.15) is 42.8 Å². The zero-order valence-electron chi connectivity index (χ0n) is 11.6. The van der Waals surface area contributed by atoms with Crippen LogP contribution >= 0.6 is 11.3 Å². The topological polar surface area (TPSA) is 28.2 Å². The van der Waals surface area contributed by atoms with Crippen LogP contribution in [-0.2, 0) is 6.42 Å². The summed E-state index contributed by atoms with van der Waals surface area (Å²) in [5.74, 6) is 1.82. The summed E-state index contributed by atoms with van der Waals surface area (Å²) in [6.45, 7) is 3.53. The van der Waals surface area contributed by atoms with Crippen LogP contribution in [0.3, 0.4) is 0 Å². The fraction of sp³-hybridized carbons (Fsp3) is 0.786. The number of fused-ring (bicyclic) bond motifs is 1. The second-order valence-corrected chi connectivity index (χ2v) is 6.90. The molecule has 1 saturated carbocycles. The molecule has 1 aromatic heterocycles. The molecule has 4 heteroatoms. The minimum Gasteiger partial charge on any atom is -0.351 e. The fourth-order valence-corrected chi connectivity index (χ4v) is 4.16. The summed E-state index contributed by atoms with van der Waals surface area (Å²) < 4.78 is 0. The van der Waals surface area contributed by atoms with Gasteiger partial charge >= 0.3 is 0 Å². The van der Waals surface area contributed by atoms with Crippen LogP contribution < -0.4 is 10.2 Å². The molecule has 1 heterocycles. The molecule has 3 nitrogen and oxygen atoms in total. The van der Waals surface area contributed by atoms with Crippen molar-refractivity contribution in [3.63, 3.8) is 0 Å².